The van der Waals surface area contributed by atoms with Crippen LogP contribution in [0.4, 0.5) is 0 Å². The molecule has 0 aromatic carbocycles. The lowest BCUT2D eigenvalue weighted by Crippen LogP contribution is -2.58. The van der Waals surface area contributed by atoms with Crippen LogP contribution < -0.4 is 0 Å². The van der Waals surface area contributed by atoms with Crippen LogP contribution in [0.3, 0.4) is 0 Å². The number of ether oxygens (including phenoxy) is 1. The fourth-order valence-corrected chi connectivity index (χ4v) is 5.58. The van der Waals surface area contributed by atoms with Gasteiger partial charge in [0.1, 0.15) is 12.4 Å². The van der Waals surface area contributed by atoms with Crippen molar-refractivity contribution in [1.82, 2.24) is 15.0 Å². The van der Waals surface area contributed by atoms with Gasteiger partial charge >= 0.3 is 0 Å². The molecule has 4 heterocycles. The van der Waals surface area contributed by atoms with Gasteiger partial charge in [-0.2, -0.15) is 0 Å². The molecule has 1 amide bonds. The highest BCUT2D eigenvalue weighted by molar-refractivity contribution is 8.01. The van der Waals surface area contributed by atoms with E-state index in [9.17, 15) is 4.79 Å². The van der Waals surface area contributed by atoms with Crippen LogP contribution in [-0.4, -0.2) is 70.3 Å². The van der Waals surface area contributed by atoms with E-state index in [2.05, 4.69) is 10.1 Å². The molecule has 6 nitrogen and oxygen atoms in total. The summed E-state index contributed by atoms with van der Waals surface area (Å²) >= 11 is 2.01. The first kappa shape index (κ1) is 16.4. The Bertz CT molecular complexity index is 594. The molecule has 0 saturated carbocycles. The molecule has 132 valence electrons. The lowest BCUT2D eigenvalue weighted by atomic mass is 9.93. The Morgan fingerprint density at radius 1 is 1.46 bits per heavy atom. The van der Waals surface area contributed by atoms with E-state index >= 15 is 0 Å². The summed E-state index contributed by atoms with van der Waals surface area (Å²) in [6.07, 6.45) is 3.54. The number of carbonyl (C=O) groups is 1. The molecule has 1 aromatic heterocycles. The topological polar surface area (TPSA) is 58.8 Å². The third kappa shape index (κ3) is 3.48. The van der Waals surface area contributed by atoms with Crippen molar-refractivity contribution in [3.05, 3.63) is 17.5 Å². The van der Waals surface area contributed by atoms with E-state index in [-0.39, 0.29) is 18.6 Å². The number of hydrogen-bond donors (Lipinski definition) is 0. The van der Waals surface area contributed by atoms with Gasteiger partial charge in [-0.05, 0) is 26.2 Å². The van der Waals surface area contributed by atoms with Crippen molar-refractivity contribution in [2.45, 2.75) is 43.6 Å². The first-order chi connectivity index (χ1) is 11.6. The Morgan fingerprint density at radius 2 is 2.25 bits per heavy atom. The van der Waals surface area contributed by atoms with Gasteiger partial charge in [0.2, 0.25) is 5.91 Å². The Balaban J connectivity index is 1.19. The number of aryl methyl sites for hydroxylation is 1. The summed E-state index contributed by atoms with van der Waals surface area (Å²) in [7, 11) is 0. The summed E-state index contributed by atoms with van der Waals surface area (Å²) < 4.78 is 11.4. The van der Waals surface area contributed by atoms with E-state index in [4.69, 9.17) is 9.26 Å². The highest BCUT2D eigenvalue weighted by Crippen LogP contribution is 2.46. The molecule has 0 radical (unpaired) electrons. The van der Waals surface area contributed by atoms with Gasteiger partial charge in [-0.3, -0.25) is 9.69 Å². The summed E-state index contributed by atoms with van der Waals surface area (Å²) in [6, 6.07) is 2.00. The van der Waals surface area contributed by atoms with Crippen LogP contribution >= 0.6 is 11.8 Å². The number of nitrogens with zero attached hydrogens (tertiary/aromatic N) is 3. The Hall–Kier alpha value is -1.05. The van der Waals surface area contributed by atoms with Crippen molar-refractivity contribution in [1.29, 1.82) is 0 Å². The Labute approximate surface area is 146 Å². The van der Waals surface area contributed by atoms with E-state index in [1.165, 1.54) is 0 Å². The molecule has 1 spiro atoms. The summed E-state index contributed by atoms with van der Waals surface area (Å²) in [5.74, 6) is 2.03. The lowest BCUT2D eigenvalue weighted by molar-refractivity contribution is -0.136. The van der Waals surface area contributed by atoms with E-state index in [0.29, 0.717) is 4.75 Å². The predicted molar refractivity (Wildman–Crippen MR) is 91.9 cm³/mol. The molecule has 0 unspecified atom stereocenters. The van der Waals surface area contributed by atoms with Gasteiger partial charge < -0.3 is 14.2 Å². The molecule has 0 aliphatic carbocycles. The molecule has 7 heteroatoms. The average molecular weight is 351 g/mol. The van der Waals surface area contributed by atoms with Gasteiger partial charge in [-0.25, -0.2) is 0 Å². The van der Waals surface area contributed by atoms with Crippen LogP contribution in [0.5, 0.6) is 0 Å². The largest absolute Gasteiger partial charge is 0.367 e. The fraction of sp³-hybridized carbons (Fsp3) is 0.765. The average Bonchev–Trinajstić information content (AvgIpc) is 3.25. The molecule has 3 fully saturated rings. The molecule has 1 aromatic rings. The number of hydrogen-bond acceptors (Lipinski definition) is 6. The Morgan fingerprint density at radius 3 is 2.96 bits per heavy atom. The second kappa shape index (κ2) is 6.69. The van der Waals surface area contributed by atoms with E-state index < -0.39 is 0 Å². The summed E-state index contributed by atoms with van der Waals surface area (Å²) in [4.78, 5) is 16.4. The highest BCUT2D eigenvalue weighted by atomic mass is 32.2. The highest BCUT2D eigenvalue weighted by Gasteiger charge is 2.49. The minimum absolute atomic E-state index is 0.162. The zero-order valence-corrected chi connectivity index (χ0v) is 15.0. The van der Waals surface area contributed by atoms with Crippen molar-refractivity contribution < 1.29 is 14.1 Å². The van der Waals surface area contributed by atoms with Crippen molar-refractivity contribution in [3.63, 3.8) is 0 Å². The number of aromatic nitrogens is 1. The van der Waals surface area contributed by atoms with Crippen molar-refractivity contribution in [3.8, 4) is 0 Å². The summed E-state index contributed by atoms with van der Waals surface area (Å²) in [6.45, 7) is 6.99. The zero-order valence-electron chi connectivity index (χ0n) is 14.2. The lowest BCUT2D eigenvalue weighted by Gasteiger charge is -2.47. The third-order valence-corrected chi connectivity index (χ3v) is 6.74. The zero-order chi connectivity index (χ0) is 16.6. The quantitative estimate of drug-likeness (QED) is 0.804. The smallest absolute Gasteiger partial charge is 0.248 e. The van der Waals surface area contributed by atoms with Crippen LogP contribution in [0.15, 0.2) is 10.6 Å². The molecule has 3 aliphatic heterocycles. The molecule has 24 heavy (non-hydrogen) atoms. The number of amides is 1. The number of carbonyl (C=O) groups excluding carboxylic acids is 1. The fourth-order valence-electron chi connectivity index (χ4n) is 3.98. The molecule has 3 saturated heterocycles. The van der Waals surface area contributed by atoms with Gasteiger partial charge in [-0.1, -0.05) is 5.16 Å². The van der Waals surface area contributed by atoms with Gasteiger partial charge in [0.05, 0.1) is 11.8 Å². The van der Waals surface area contributed by atoms with Crippen molar-refractivity contribution in [2.75, 3.05) is 38.5 Å². The monoisotopic (exact) mass is 351 g/mol. The standard InChI is InChI=1S/C17H25N3O3S/c1-13-6-14(18-23-13)8-19-11-17(12-19)7-15(10-24-17)22-9-16(21)20-4-2-3-5-20/h6,15H,2-5,7-12H2,1H3/t15-/m0/s1. The van der Waals surface area contributed by atoms with E-state index in [0.717, 1.165) is 69.2 Å². The molecule has 0 N–H and O–H groups in total. The number of rotatable bonds is 5. The molecule has 0 bridgehead atoms. The molecular formula is C17H25N3O3S. The maximum absolute atomic E-state index is 12.1. The van der Waals surface area contributed by atoms with Gasteiger partial charge in [-0.15, -0.1) is 11.8 Å². The Kier molecular flexibility index (Phi) is 4.58. The van der Waals surface area contributed by atoms with Crippen molar-refractivity contribution in [2.24, 2.45) is 0 Å². The number of likely N-dealkylation sites (tertiary alicyclic amines) is 2. The second-order valence-corrected chi connectivity index (χ2v) is 8.78. The minimum Gasteiger partial charge on any atom is -0.367 e. The molecule has 1 atom stereocenters. The maximum Gasteiger partial charge on any atom is 0.248 e. The van der Waals surface area contributed by atoms with Gasteiger partial charge in [0.25, 0.3) is 0 Å². The maximum atomic E-state index is 12.1. The minimum atomic E-state index is 0.162. The van der Waals surface area contributed by atoms with Crippen LogP contribution in [0.1, 0.15) is 30.7 Å². The van der Waals surface area contributed by atoms with Crippen LogP contribution in [0.25, 0.3) is 0 Å². The SMILES string of the molecule is Cc1cc(CN2CC3(C[C@H](OCC(=O)N4CCCC4)CS3)C2)no1. The normalized spacial score (nSPS) is 26.2. The first-order valence-electron chi connectivity index (χ1n) is 8.80. The second-order valence-electron chi connectivity index (χ2n) is 7.29. The summed E-state index contributed by atoms with van der Waals surface area (Å²) in [5, 5.41) is 4.06. The summed E-state index contributed by atoms with van der Waals surface area (Å²) in [5.41, 5.74) is 1.01. The first-order valence-corrected chi connectivity index (χ1v) is 9.78. The number of thioether (sulfide) groups is 1. The van der Waals surface area contributed by atoms with Crippen molar-refractivity contribution >= 4 is 17.7 Å². The van der Waals surface area contributed by atoms with Gasteiger partial charge in [0, 0.05) is 49.3 Å². The van der Waals surface area contributed by atoms with Gasteiger partial charge in [0.15, 0.2) is 0 Å². The molecular weight excluding hydrogens is 326 g/mol. The van der Waals surface area contributed by atoms with Crippen LogP contribution in [-0.2, 0) is 16.1 Å². The van der Waals surface area contributed by atoms with Crippen LogP contribution in [0, 0.1) is 6.92 Å². The predicted octanol–water partition coefficient (Wildman–Crippen LogP) is 1.68. The molecule has 4 rings (SSSR count). The van der Waals surface area contributed by atoms with E-state index in [1.807, 2.05) is 29.7 Å². The molecule has 3 aliphatic rings. The third-order valence-electron chi connectivity index (χ3n) is 5.16. The van der Waals surface area contributed by atoms with E-state index in [1.54, 1.807) is 0 Å². The van der Waals surface area contributed by atoms with Crippen LogP contribution in [0.2, 0.25) is 0 Å².